The van der Waals surface area contributed by atoms with Crippen LogP contribution in [0, 0.1) is 22.7 Å². The van der Waals surface area contributed by atoms with Gasteiger partial charge >= 0.3 is 0 Å². The lowest BCUT2D eigenvalue weighted by Crippen LogP contribution is -2.48. The van der Waals surface area contributed by atoms with Crippen LogP contribution >= 0.6 is 0 Å². The van der Waals surface area contributed by atoms with Crippen LogP contribution in [0.2, 0.25) is 0 Å². The maximum absolute atomic E-state index is 2.57. The topological polar surface area (TPSA) is 0 Å². The van der Waals surface area contributed by atoms with Crippen LogP contribution < -0.4 is 0 Å². The molecule has 92 valence electrons. The number of rotatable bonds is 1. The lowest BCUT2D eigenvalue weighted by molar-refractivity contribution is -0.0378. The smallest absolute Gasteiger partial charge is 0.0152 e. The van der Waals surface area contributed by atoms with Gasteiger partial charge in [-0.05, 0) is 55.3 Å². The van der Waals surface area contributed by atoms with Gasteiger partial charge in [0.1, 0.15) is 0 Å². The van der Waals surface area contributed by atoms with E-state index in [1.54, 1.807) is 5.57 Å². The summed E-state index contributed by atoms with van der Waals surface area (Å²) in [5.41, 5.74) is 2.80. The standard InChI is InChI=1S/C16H28/c1-6-13-12(2)8-9-14-15(3,4)10-7-11-16(13,14)5/h8,13-14H,6-7,9-11H2,1-5H3/t13-,14-,16+/m0/s1. The summed E-state index contributed by atoms with van der Waals surface area (Å²) in [5.74, 6) is 1.74. The van der Waals surface area contributed by atoms with Crippen LogP contribution in [0.3, 0.4) is 0 Å². The van der Waals surface area contributed by atoms with Crippen molar-refractivity contribution in [3.8, 4) is 0 Å². The molecule has 0 nitrogen and oxygen atoms in total. The Bertz CT molecular complexity index is 297. The van der Waals surface area contributed by atoms with Crippen LogP contribution in [0.25, 0.3) is 0 Å². The third kappa shape index (κ3) is 1.65. The molecule has 0 aromatic rings. The molecule has 1 fully saturated rings. The Morgan fingerprint density at radius 1 is 1.25 bits per heavy atom. The molecule has 0 heterocycles. The Kier molecular flexibility index (Phi) is 2.97. The SMILES string of the molecule is CC[C@H]1C(C)=CC[C@H]2C(C)(C)CCC[C@]12C. The van der Waals surface area contributed by atoms with E-state index in [0.29, 0.717) is 10.8 Å². The normalized spacial score (nSPS) is 42.4. The second-order valence-corrected chi connectivity index (χ2v) is 7.05. The van der Waals surface area contributed by atoms with Crippen LogP contribution in [0.5, 0.6) is 0 Å². The molecule has 2 aliphatic rings. The summed E-state index contributed by atoms with van der Waals surface area (Å²) in [5, 5.41) is 0. The summed E-state index contributed by atoms with van der Waals surface area (Å²) >= 11 is 0. The highest BCUT2D eigenvalue weighted by atomic mass is 14.6. The summed E-state index contributed by atoms with van der Waals surface area (Å²) in [6.45, 7) is 12.3. The molecule has 0 unspecified atom stereocenters. The highest BCUT2D eigenvalue weighted by Gasteiger charge is 2.50. The molecule has 2 rings (SSSR count). The molecule has 0 N–H and O–H groups in total. The van der Waals surface area contributed by atoms with Crippen molar-refractivity contribution in [1.82, 2.24) is 0 Å². The summed E-state index contributed by atoms with van der Waals surface area (Å²) in [6, 6.07) is 0. The average molecular weight is 220 g/mol. The first-order valence-electron chi connectivity index (χ1n) is 7.08. The average Bonchev–Trinajstić information content (AvgIpc) is 2.15. The Morgan fingerprint density at radius 3 is 2.56 bits per heavy atom. The minimum absolute atomic E-state index is 0.553. The largest absolute Gasteiger partial charge is 0.0850 e. The van der Waals surface area contributed by atoms with Crippen molar-refractivity contribution >= 4 is 0 Å². The van der Waals surface area contributed by atoms with Gasteiger partial charge in [-0.1, -0.05) is 45.8 Å². The first-order valence-corrected chi connectivity index (χ1v) is 7.08. The van der Waals surface area contributed by atoms with E-state index in [1.807, 2.05) is 0 Å². The van der Waals surface area contributed by atoms with Gasteiger partial charge in [0.15, 0.2) is 0 Å². The van der Waals surface area contributed by atoms with E-state index in [9.17, 15) is 0 Å². The lowest BCUT2D eigenvalue weighted by Gasteiger charge is -2.56. The molecule has 0 aliphatic heterocycles. The van der Waals surface area contributed by atoms with Crippen LogP contribution in [0.1, 0.15) is 66.7 Å². The van der Waals surface area contributed by atoms with Gasteiger partial charge in [-0.15, -0.1) is 0 Å². The fourth-order valence-electron chi connectivity index (χ4n) is 4.93. The van der Waals surface area contributed by atoms with Gasteiger partial charge in [0.05, 0.1) is 0 Å². The molecular formula is C16H28. The van der Waals surface area contributed by atoms with E-state index in [-0.39, 0.29) is 0 Å². The van der Waals surface area contributed by atoms with Gasteiger partial charge in [-0.25, -0.2) is 0 Å². The molecule has 3 atom stereocenters. The molecular weight excluding hydrogens is 192 g/mol. The Morgan fingerprint density at radius 2 is 1.94 bits per heavy atom. The Hall–Kier alpha value is -0.260. The van der Waals surface area contributed by atoms with Crippen molar-refractivity contribution < 1.29 is 0 Å². The first kappa shape index (κ1) is 12.2. The van der Waals surface area contributed by atoms with E-state index in [0.717, 1.165) is 11.8 Å². The van der Waals surface area contributed by atoms with Crippen molar-refractivity contribution in [3.63, 3.8) is 0 Å². The van der Waals surface area contributed by atoms with E-state index < -0.39 is 0 Å². The molecule has 0 amide bonds. The maximum atomic E-state index is 2.57. The minimum atomic E-state index is 0.553. The van der Waals surface area contributed by atoms with Gasteiger partial charge in [0.25, 0.3) is 0 Å². The second kappa shape index (κ2) is 3.89. The minimum Gasteiger partial charge on any atom is -0.0850 e. The second-order valence-electron chi connectivity index (χ2n) is 7.05. The van der Waals surface area contributed by atoms with E-state index in [4.69, 9.17) is 0 Å². The number of fused-ring (bicyclic) bond motifs is 1. The van der Waals surface area contributed by atoms with Gasteiger partial charge < -0.3 is 0 Å². The zero-order valence-electron chi connectivity index (χ0n) is 11.8. The van der Waals surface area contributed by atoms with E-state index >= 15 is 0 Å². The van der Waals surface area contributed by atoms with Crippen LogP contribution in [0.4, 0.5) is 0 Å². The van der Waals surface area contributed by atoms with Crippen LogP contribution in [0.15, 0.2) is 11.6 Å². The Balaban J connectivity index is 2.39. The molecule has 0 aromatic heterocycles. The third-order valence-corrected chi connectivity index (χ3v) is 5.71. The van der Waals surface area contributed by atoms with Crippen LogP contribution in [-0.4, -0.2) is 0 Å². The van der Waals surface area contributed by atoms with Gasteiger partial charge in [0, 0.05) is 0 Å². The fraction of sp³-hybridized carbons (Fsp3) is 0.875. The zero-order chi connectivity index (χ0) is 12.0. The van der Waals surface area contributed by atoms with Gasteiger partial charge in [-0.2, -0.15) is 0 Å². The van der Waals surface area contributed by atoms with Gasteiger partial charge in [0.2, 0.25) is 0 Å². The molecule has 0 aromatic carbocycles. The number of allylic oxidation sites excluding steroid dienone is 2. The van der Waals surface area contributed by atoms with Crippen molar-refractivity contribution in [3.05, 3.63) is 11.6 Å². The summed E-state index contributed by atoms with van der Waals surface area (Å²) in [4.78, 5) is 0. The van der Waals surface area contributed by atoms with Crippen molar-refractivity contribution in [2.24, 2.45) is 22.7 Å². The van der Waals surface area contributed by atoms with Crippen molar-refractivity contribution in [1.29, 1.82) is 0 Å². The van der Waals surface area contributed by atoms with Crippen LogP contribution in [-0.2, 0) is 0 Å². The predicted octanol–water partition coefficient (Wildman–Crippen LogP) is 5.20. The number of hydrogen-bond donors (Lipinski definition) is 0. The number of hydrogen-bond acceptors (Lipinski definition) is 0. The fourth-order valence-corrected chi connectivity index (χ4v) is 4.93. The van der Waals surface area contributed by atoms with Crippen molar-refractivity contribution in [2.45, 2.75) is 66.7 Å². The zero-order valence-corrected chi connectivity index (χ0v) is 11.8. The quantitative estimate of drug-likeness (QED) is 0.533. The molecule has 2 aliphatic carbocycles. The van der Waals surface area contributed by atoms with Gasteiger partial charge in [-0.3, -0.25) is 0 Å². The molecule has 16 heavy (non-hydrogen) atoms. The predicted molar refractivity (Wildman–Crippen MR) is 71.4 cm³/mol. The third-order valence-electron chi connectivity index (χ3n) is 5.71. The summed E-state index contributed by atoms with van der Waals surface area (Å²) in [6.07, 6.45) is 9.50. The first-order chi connectivity index (χ1) is 7.42. The molecule has 1 saturated carbocycles. The van der Waals surface area contributed by atoms with E-state index in [2.05, 4.69) is 40.7 Å². The summed E-state index contributed by atoms with van der Waals surface area (Å²) < 4.78 is 0. The summed E-state index contributed by atoms with van der Waals surface area (Å²) in [7, 11) is 0. The monoisotopic (exact) mass is 220 g/mol. The lowest BCUT2D eigenvalue weighted by atomic mass is 9.48. The molecule has 0 bridgehead atoms. The molecule has 0 radical (unpaired) electrons. The highest BCUT2D eigenvalue weighted by molar-refractivity contribution is 5.17. The van der Waals surface area contributed by atoms with Crippen molar-refractivity contribution in [2.75, 3.05) is 0 Å². The maximum Gasteiger partial charge on any atom is -0.0152 e. The van der Waals surface area contributed by atoms with E-state index in [1.165, 1.54) is 32.1 Å². The highest BCUT2D eigenvalue weighted by Crippen LogP contribution is 2.60. The Labute approximate surface area is 102 Å². The molecule has 0 heteroatoms. The molecule has 0 saturated heterocycles. The molecule has 0 spiro atoms.